The van der Waals surface area contributed by atoms with Crippen molar-refractivity contribution in [3.05, 3.63) is 48.6 Å². The maximum Gasteiger partial charge on any atom is 0.305 e. The molecule has 0 aromatic rings. The van der Waals surface area contributed by atoms with E-state index in [9.17, 15) is 19.8 Å². The van der Waals surface area contributed by atoms with E-state index in [1.807, 2.05) is 6.08 Å². The Morgan fingerprint density at radius 3 is 1.34 bits per heavy atom. The molecule has 6 nitrogen and oxygen atoms in total. The zero-order valence-electron chi connectivity index (χ0n) is 38.3. The molecule has 2 atom stereocenters. The van der Waals surface area contributed by atoms with Gasteiger partial charge in [-0.15, -0.1) is 0 Å². The summed E-state index contributed by atoms with van der Waals surface area (Å²) in [6.07, 6.45) is 58.2. The molecule has 0 heterocycles. The van der Waals surface area contributed by atoms with Gasteiger partial charge in [0.15, 0.2) is 0 Å². The van der Waals surface area contributed by atoms with Gasteiger partial charge in [-0.25, -0.2) is 0 Å². The lowest BCUT2D eigenvalue weighted by atomic mass is 10.1. The minimum atomic E-state index is -0.862. The molecule has 0 bridgehead atoms. The molecule has 6 heteroatoms. The molecular weight excluding hydrogens is 719 g/mol. The van der Waals surface area contributed by atoms with Crippen LogP contribution in [0.1, 0.15) is 245 Å². The number of allylic oxidation sites excluding steroid dienone is 7. The third-order valence-corrected chi connectivity index (χ3v) is 11.1. The number of unbranched alkanes of at least 4 members (excludes halogenated alkanes) is 28. The molecule has 0 saturated heterocycles. The van der Waals surface area contributed by atoms with Crippen LogP contribution >= 0.6 is 0 Å². The van der Waals surface area contributed by atoms with E-state index in [1.165, 1.54) is 128 Å². The van der Waals surface area contributed by atoms with Gasteiger partial charge in [0.25, 0.3) is 0 Å². The van der Waals surface area contributed by atoms with E-state index in [4.69, 9.17) is 4.74 Å². The highest BCUT2D eigenvalue weighted by atomic mass is 16.5. The Balaban J connectivity index is 3.55. The second kappa shape index (κ2) is 47.5. The van der Waals surface area contributed by atoms with Gasteiger partial charge in [-0.05, 0) is 89.9 Å². The van der Waals surface area contributed by atoms with Crippen molar-refractivity contribution in [2.45, 2.75) is 257 Å². The smallest absolute Gasteiger partial charge is 0.305 e. The number of nitrogens with one attached hydrogen (secondary N) is 1. The number of carbonyl (C=O) groups is 2. The highest BCUT2D eigenvalue weighted by Crippen LogP contribution is 2.14. The zero-order chi connectivity index (χ0) is 42.3. The topological polar surface area (TPSA) is 95.9 Å². The van der Waals surface area contributed by atoms with Crippen LogP contribution < -0.4 is 5.32 Å². The highest BCUT2D eigenvalue weighted by Gasteiger charge is 2.18. The Labute approximate surface area is 359 Å². The van der Waals surface area contributed by atoms with Gasteiger partial charge in [0.1, 0.15) is 0 Å². The molecule has 0 saturated carbocycles. The molecule has 0 aromatic heterocycles. The van der Waals surface area contributed by atoms with E-state index in [0.717, 1.165) is 89.9 Å². The molecule has 0 aromatic carbocycles. The van der Waals surface area contributed by atoms with Crippen LogP contribution in [0.5, 0.6) is 0 Å². The summed E-state index contributed by atoms with van der Waals surface area (Å²) in [5, 5.41) is 23.0. The summed E-state index contributed by atoms with van der Waals surface area (Å²) in [6.45, 7) is 4.78. The van der Waals surface area contributed by atoms with Crippen LogP contribution in [0, 0.1) is 0 Å². The van der Waals surface area contributed by atoms with Crippen molar-refractivity contribution in [1.29, 1.82) is 0 Å². The number of ether oxygens (including phenoxy) is 1. The molecule has 2 unspecified atom stereocenters. The highest BCUT2D eigenvalue weighted by molar-refractivity contribution is 5.76. The van der Waals surface area contributed by atoms with Crippen LogP contribution in [0.2, 0.25) is 0 Å². The Morgan fingerprint density at radius 1 is 0.483 bits per heavy atom. The lowest BCUT2D eigenvalue weighted by Crippen LogP contribution is -2.45. The summed E-state index contributed by atoms with van der Waals surface area (Å²) in [6, 6.07) is -0.649. The van der Waals surface area contributed by atoms with Crippen molar-refractivity contribution in [1.82, 2.24) is 5.32 Å². The molecule has 0 rings (SSSR count). The maximum atomic E-state index is 12.4. The first-order chi connectivity index (χ1) is 28.5. The molecule has 0 aliphatic rings. The van der Waals surface area contributed by atoms with Crippen LogP contribution in [0.3, 0.4) is 0 Å². The number of aliphatic hydroxyl groups is 2. The Morgan fingerprint density at radius 2 is 0.862 bits per heavy atom. The first-order valence-electron chi connectivity index (χ1n) is 24.9. The van der Waals surface area contributed by atoms with Gasteiger partial charge < -0.3 is 20.3 Å². The summed E-state index contributed by atoms with van der Waals surface area (Å²) in [4.78, 5) is 24.4. The summed E-state index contributed by atoms with van der Waals surface area (Å²) in [7, 11) is 0. The number of hydrogen-bond acceptors (Lipinski definition) is 5. The molecule has 1 amide bonds. The SMILES string of the molecule is CCCCCC/C=C\C/C=C\CCCCCCCCCC(=O)OCCCC/C=C\CCCCCCCC(=O)NC(CO)C(O)/C=C/CCCCCCCCCCCC. The zero-order valence-corrected chi connectivity index (χ0v) is 38.3. The fraction of sp³-hybridized carbons (Fsp3) is 0.808. The normalized spacial score (nSPS) is 13.1. The standard InChI is InChI=1S/C52H95NO5/c1-3-5-7-9-11-13-15-17-18-19-20-21-22-26-30-34-38-42-46-52(57)58-47-43-39-35-31-27-23-25-29-33-37-41-45-51(56)53-49(48-54)50(55)44-40-36-32-28-24-16-14-12-10-8-6-4-2/h13,15,18-19,27,31,40,44,49-50,54-55H,3-12,14,16-17,20-26,28-30,32-39,41-43,45-48H2,1-2H3,(H,53,56)/b15-13-,19-18-,31-27-,44-40+. The monoisotopic (exact) mass is 814 g/mol. The summed E-state index contributed by atoms with van der Waals surface area (Å²) < 4.78 is 5.44. The Hall–Kier alpha value is -2.18. The number of amides is 1. The summed E-state index contributed by atoms with van der Waals surface area (Å²) >= 11 is 0. The molecule has 58 heavy (non-hydrogen) atoms. The summed E-state index contributed by atoms with van der Waals surface area (Å²) in [5.41, 5.74) is 0. The minimum Gasteiger partial charge on any atom is -0.466 e. The molecule has 0 spiro atoms. The van der Waals surface area contributed by atoms with Crippen molar-refractivity contribution in [2.24, 2.45) is 0 Å². The van der Waals surface area contributed by atoms with E-state index in [1.54, 1.807) is 6.08 Å². The predicted molar refractivity (Wildman–Crippen MR) is 250 cm³/mol. The van der Waals surface area contributed by atoms with Crippen molar-refractivity contribution >= 4 is 11.9 Å². The van der Waals surface area contributed by atoms with Gasteiger partial charge in [0, 0.05) is 12.8 Å². The molecule has 338 valence electrons. The number of aliphatic hydroxyl groups excluding tert-OH is 2. The predicted octanol–water partition coefficient (Wildman–Crippen LogP) is 14.7. The third kappa shape index (κ3) is 43.4. The fourth-order valence-corrected chi connectivity index (χ4v) is 7.18. The number of carbonyl (C=O) groups excluding carboxylic acids is 2. The lowest BCUT2D eigenvalue weighted by Gasteiger charge is -2.20. The second-order valence-corrected chi connectivity index (χ2v) is 16.8. The van der Waals surface area contributed by atoms with E-state index >= 15 is 0 Å². The van der Waals surface area contributed by atoms with Gasteiger partial charge >= 0.3 is 5.97 Å². The van der Waals surface area contributed by atoms with Crippen molar-refractivity contribution in [3.63, 3.8) is 0 Å². The van der Waals surface area contributed by atoms with Crippen LogP contribution in [-0.2, 0) is 14.3 Å². The van der Waals surface area contributed by atoms with E-state index < -0.39 is 12.1 Å². The second-order valence-electron chi connectivity index (χ2n) is 16.8. The largest absolute Gasteiger partial charge is 0.466 e. The molecule has 0 radical (unpaired) electrons. The number of esters is 1. The van der Waals surface area contributed by atoms with E-state index in [-0.39, 0.29) is 18.5 Å². The van der Waals surface area contributed by atoms with E-state index in [2.05, 4.69) is 55.6 Å². The molecule has 0 fully saturated rings. The van der Waals surface area contributed by atoms with Gasteiger partial charge in [-0.2, -0.15) is 0 Å². The van der Waals surface area contributed by atoms with Crippen molar-refractivity contribution < 1.29 is 24.5 Å². The van der Waals surface area contributed by atoms with Crippen molar-refractivity contribution in [2.75, 3.05) is 13.2 Å². The van der Waals surface area contributed by atoms with E-state index in [0.29, 0.717) is 19.4 Å². The van der Waals surface area contributed by atoms with Gasteiger partial charge in [-0.1, -0.05) is 191 Å². The van der Waals surface area contributed by atoms with Crippen LogP contribution in [-0.4, -0.2) is 47.4 Å². The first kappa shape index (κ1) is 55.8. The summed E-state index contributed by atoms with van der Waals surface area (Å²) in [5.74, 6) is -0.142. The average Bonchev–Trinajstić information content (AvgIpc) is 3.22. The van der Waals surface area contributed by atoms with Crippen LogP contribution in [0.4, 0.5) is 0 Å². The quantitative estimate of drug-likeness (QED) is 0.0323. The molecular formula is C52H95NO5. The minimum absolute atomic E-state index is 0.0416. The first-order valence-corrected chi connectivity index (χ1v) is 24.9. The fourth-order valence-electron chi connectivity index (χ4n) is 7.18. The Kier molecular flexibility index (Phi) is 45.7. The lowest BCUT2D eigenvalue weighted by molar-refractivity contribution is -0.143. The Bertz CT molecular complexity index is 988. The van der Waals surface area contributed by atoms with Gasteiger partial charge in [-0.3, -0.25) is 9.59 Å². The average molecular weight is 814 g/mol. The maximum absolute atomic E-state index is 12.4. The molecule has 0 aliphatic heterocycles. The van der Waals surface area contributed by atoms with Crippen molar-refractivity contribution in [3.8, 4) is 0 Å². The van der Waals surface area contributed by atoms with Crippen LogP contribution in [0.15, 0.2) is 48.6 Å². The molecule has 3 N–H and O–H groups in total. The molecule has 0 aliphatic carbocycles. The van der Waals surface area contributed by atoms with Crippen LogP contribution in [0.25, 0.3) is 0 Å². The number of rotatable bonds is 45. The third-order valence-electron chi connectivity index (χ3n) is 11.1. The van der Waals surface area contributed by atoms with Gasteiger partial charge in [0.2, 0.25) is 5.91 Å². The number of hydrogen-bond donors (Lipinski definition) is 3. The van der Waals surface area contributed by atoms with Gasteiger partial charge in [0.05, 0.1) is 25.4 Å².